The Labute approximate surface area is 134 Å². The van der Waals surface area contributed by atoms with Crippen LogP contribution in [0.2, 0.25) is 0 Å². The van der Waals surface area contributed by atoms with Gasteiger partial charge in [-0.1, -0.05) is 12.1 Å². The highest BCUT2D eigenvalue weighted by Crippen LogP contribution is 2.45. The zero-order chi connectivity index (χ0) is 17.2. The molecule has 0 bridgehead atoms. The summed E-state index contributed by atoms with van der Waals surface area (Å²) in [6.45, 7) is 0. The van der Waals surface area contributed by atoms with E-state index in [1.165, 1.54) is 18.2 Å². The molecule has 1 N–H and O–H groups in total. The monoisotopic (exact) mass is 338 g/mol. The van der Waals surface area contributed by atoms with Gasteiger partial charge in [0.2, 0.25) is 0 Å². The smallest absolute Gasteiger partial charge is 0.416 e. The highest BCUT2D eigenvalue weighted by Gasteiger charge is 2.42. The van der Waals surface area contributed by atoms with Crippen LogP contribution in [0.15, 0.2) is 30.3 Å². The van der Waals surface area contributed by atoms with Crippen molar-refractivity contribution in [2.24, 2.45) is 0 Å². The molecule has 0 radical (unpaired) electrons. The molecular formula is C15H13F3N4O2. The molecule has 1 fully saturated rings. The van der Waals surface area contributed by atoms with E-state index in [0.29, 0.717) is 18.4 Å². The van der Waals surface area contributed by atoms with Gasteiger partial charge in [-0.25, -0.2) is 4.79 Å². The van der Waals surface area contributed by atoms with Gasteiger partial charge in [0.05, 0.1) is 5.56 Å². The fraction of sp³-hybridized carbons (Fsp3) is 0.333. The molecule has 1 aliphatic rings. The Morgan fingerprint density at radius 2 is 1.96 bits per heavy atom. The molecule has 24 heavy (non-hydrogen) atoms. The Bertz CT molecular complexity index is 735. The van der Waals surface area contributed by atoms with Gasteiger partial charge in [0.25, 0.3) is 0 Å². The normalized spacial score (nSPS) is 16.8. The molecular weight excluding hydrogens is 325 g/mol. The number of aromatic nitrogens is 4. The minimum absolute atomic E-state index is 0.226. The molecule has 126 valence electrons. The number of ether oxygens (including phenoxy) is 1. The Morgan fingerprint density at radius 1 is 1.25 bits per heavy atom. The maximum absolute atomic E-state index is 12.6. The van der Waals surface area contributed by atoms with Gasteiger partial charge >= 0.3 is 12.1 Å². The average Bonchev–Trinajstić information content (AvgIpc) is 3.01. The van der Waals surface area contributed by atoms with E-state index in [2.05, 4.69) is 20.6 Å². The standard InChI is InChI=1S/C15H13F3N4O2/c16-15(17,18)11-4-2-10(3-5-11)14(8-1-9-14)24-13(23)7-6-12-19-21-22-20-12/h2-7H,1,8-9H2,(H,19,20,21,22). The van der Waals surface area contributed by atoms with Crippen LogP contribution >= 0.6 is 0 Å². The molecule has 1 aliphatic carbocycles. The van der Waals surface area contributed by atoms with Crippen molar-refractivity contribution in [3.8, 4) is 0 Å². The average molecular weight is 338 g/mol. The zero-order valence-electron chi connectivity index (χ0n) is 12.4. The van der Waals surface area contributed by atoms with Crippen LogP contribution in [0.1, 0.15) is 36.2 Å². The molecule has 0 saturated heterocycles. The molecule has 1 saturated carbocycles. The molecule has 6 nitrogen and oxygen atoms in total. The second-order valence-corrected chi connectivity index (χ2v) is 5.45. The fourth-order valence-electron chi connectivity index (χ4n) is 2.52. The van der Waals surface area contributed by atoms with Crippen molar-refractivity contribution in [1.82, 2.24) is 20.6 Å². The van der Waals surface area contributed by atoms with Gasteiger partial charge in [-0.2, -0.15) is 18.4 Å². The summed E-state index contributed by atoms with van der Waals surface area (Å²) in [7, 11) is 0. The summed E-state index contributed by atoms with van der Waals surface area (Å²) in [4.78, 5) is 12.0. The van der Waals surface area contributed by atoms with Crippen LogP contribution in [-0.4, -0.2) is 26.6 Å². The van der Waals surface area contributed by atoms with Crippen molar-refractivity contribution < 1.29 is 22.7 Å². The van der Waals surface area contributed by atoms with Crippen LogP contribution in [0.25, 0.3) is 6.08 Å². The number of benzene rings is 1. The van der Waals surface area contributed by atoms with E-state index in [4.69, 9.17) is 4.74 Å². The van der Waals surface area contributed by atoms with Crippen molar-refractivity contribution in [3.05, 3.63) is 47.3 Å². The van der Waals surface area contributed by atoms with Crippen molar-refractivity contribution in [2.75, 3.05) is 0 Å². The molecule has 0 amide bonds. The molecule has 1 aromatic heterocycles. The number of esters is 1. The lowest BCUT2D eigenvalue weighted by molar-refractivity contribution is -0.165. The van der Waals surface area contributed by atoms with Gasteiger partial charge in [-0.15, -0.1) is 10.2 Å². The van der Waals surface area contributed by atoms with Crippen molar-refractivity contribution >= 4 is 12.0 Å². The SMILES string of the molecule is O=C(C=Cc1nn[nH]n1)OC1(c2ccc(C(F)(F)F)cc2)CCC1. The predicted molar refractivity (Wildman–Crippen MR) is 76.3 cm³/mol. The topological polar surface area (TPSA) is 80.8 Å². The first kappa shape index (κ1) is 16.2. The number of rotatable bonds is 4. The Morgan fingerprint density at radius 3 is 2.46 bits per heavy atom. The summed E-state index contributed by atoms with van der Waals surface area (Å²) in [6, 6.07) is 4.72. The van der Waals surface area contributed by atoms with E-state index in [-0.39, 0.29) is 5.82 Å². The summed E-state index contributed by atoms with van der Waals surface area (Å²) < 4.78 is 43.4. The van der Waals surface area contributed by atoms with E-state index in [1.54, 1.807) is 0 Å². The molecule has 0 aliphatic heterocycles. The molecule has 1 heterocycles. The first-order valence-corrected chi connectivity index (χ1v) is 7.21. The number of carbonyl (C=O) groups is 1. The summed E-state index contributed by atoms with van der Waals surface area (Å²) in [5.74, 6) is -0.386. The van der Waals surface area contributed by atoms with Crippen LogP contribution in [0.5, 0.6) is 0 Å². The van der Waals surface area contributed by atoms with Crippen molar-refractivity contribution in [1.29, 1.82) is 0 Å². The number of H-pyrrole nitrogens is 1. The van der Waals surface area contributed by atoms with E-state index in [0.717, 1.165) is 24.6 Å². The van der Waals surface area contributed by atoms with Crippen molar-refractivity contribution in [3.63, 3.8) is 0 Å². The maximum atomic E-state index is 12.6. The van der Waals surface area contributed by atoms with E-state index < -0.39 is 23.3 Å². The number of hydrogen-bond donors (Lipinski definition) is 1. The maximum Gasteiger partial charge on any atom is 0.416 e. The Kier molecular flexibility index (Phi) is 4.08. The highest BCUT2D eigenvalue weighted by molar-refractivity contribution is 5.86. The number of nitrogens with zero attached hydrogens (tertiary/aromatic N) is 3. The van der Waals surface area contributed by atoms with Crippen LogP contribution < -0.4 is 0 Å². The quantitative estimate of drug-likeness (QED) is 0.685. The third kappa shape index (κ3) is 3.29. The second-order valence-electron chi connectivity index (χ2n) is 5.45. The van der Waals surface area contributed by atoms with Crippen LogP contribution in [-0.2, 0) is 21.3 Å². The number of alkyl halides is 3. The van der Waals surface area contributed by atoms with Crippen LogP contribution in [0.3, 0.4) is 0 Å². The number of tetrazole rings is 1. The zero-order valence-corrected chi connectivity index (χ0v) is 12.4. The van der Waals surface area contributed by atoms with E-state index in [1.807, 2.05) is 0 Å². The lowest BCUT2D eigenvalue weighted by Gasteiger charge is -2.41. The number of carbonyl (C=O) groups excluding carboxylic acids is 1. The van der Waals surface area contributed by atoms with Gasteiger partial charge < -0.3 is 4.74 Å². The number of nitrogens with one attached hydrogen (secondary N) is 1. The molecule has 0 unspecified atom stereocenters. The van der Waals surface area contributed by atoms with Crippen LogP contribution in [0, 0.1) is 0 Å². The Balaban J connectivity index is 1.73. The van der Waals surface area contributed by atoms with Gasteiger partial charge in [-0.3, -0.25) is 0 Å². The van der Waals surface area contributed by atoms with Gasteiger partial charge in [0, 0.05) is 6.08 Å². The molecule has 3 rings (SSSR count). The molecule has 0 atom stereocenters. The highest BCUT2D eigenvalue weighted by atomic mass is 19.4. The minimum atomic E-state index is -4.39. The first-order chi connectivity index (χ1) is 11.4. The predicted octanol–water partition coefficient (Wildman–Crippen LogP) is 2.85. The lowest BCUT2D eigenvalue weighted by atomic mass is 9.74. The number of hydrogen-bond acceptors (Lipinski definition) is 5. The number of halogens is 3. The fourth-order valence-corrected chi connectivity index (χ4v) is 2.52. The van der Waals surface area contributed by atoms with Gasteiger partial charge in [0.15, 0.2) is 5.82 Å². The Hall–Kier alpha value is -2.71. The van der Waals surface area contributed by atoms with Crippen molar-refractivity contribution in [2.45, 2.75) is 31.0 Å². The summed E-state index contributed by atoms with van der Waals surface area (Å²) >= 11 is 0. The lowest BCUT2D eigenvalue weighted by Crippen LogP contribution is -2.38. The molecule has 1 aromatic carbocycles. The third-order valence-electron chi connectivity index (χ3n) is 3.93. The van der Waals surface area contributed by atoms with Crippen LogP contribution in [0.4, 0.5) is 13.2 Å². The first-order valence-electron chi connectivity index (χ1n) is 7.21. The summed E-state index contributed by atoms with van der Waals surface area (Å²) in [6.07, 6.45) is 0.0818. The molecule has 2 aromatic rings. The summed E-state index contributed by atoms with van der Waals surface area (Å²) in [5.41, 5.74) is -1.05. The van der Waals surface area contributed by atoms with Gasteiger partial charge in [0.1, 0.15) is 5.60 Å². The van der Waals surface area contributed by atoms with Gasteiger partial charge in [-0.05, 0) is 48.2 Å². The summed E-state index contributed by atoms with van der Waals surface area (Å²) in [5, 5.41) is 12.9. The minimum Gasteiger partial charge on any atom is -0.451 e. The second kappa shape index (κ2) is 6.06. The number of aromatic amines is 1. The van der Waals surface area contributed by atoms with E-state index in [9.17, 15) is 18.0 Å². The largest absolute Gasteiger partial charge is 0.451 e. The molecule has 9 heteroatoms. The third-order valence-corrected chi connectivity index (χ3v) is 3.93. The van der Waals surface area contributed by atoms with E-state index >= 15 is 0 Å². The molecule has 0 spiro atoms.